The first-order chi connectivity index (χ1) is 11.5. The van der Waals surface area contributed by atoms with E-state index in [0.29, 0.717) is 17.9 Å². The van der Waals surface area contributed by atoms with E-state index < -0.39 is 10.1 Å². The highest BCUT2D eigenvalue weighted by Gasteiger charge is 2.14. The fraction of sp³-hybridized carbons (Fsp3) is 0.222. The minimum absolute atomic E-state index is 0.115. The van der Waals surface area contributed by atoms with Crippen molar-refractivity contribution in [3.63, 3.8) is 0 Å². The third-order valence-electron chi connectivity index (χ3n) is 3.75. The summed E-state index contributed by atoms with van der Waals surface area (Å²) in [6.07, 6.45) is 2.89. The molecule has 0 amide bonds. The van der Waals surface area contributed by atoms with Crippen molar-refractivity contribution in [2.75, 3.05) is 6.61 Å². The lowest BCUT2D eigenvalue weighted by Gasteiger charge is -2.05. The number of furan rings is 1. The van der Waals surface area contributed by atoms with Crippen LogP contribution in [0.3, 0.4) is 0 Å². The van der Waals surface area contributed by atoms with Crippen LogP contribution in [0.15, 0.2) is 58.0 Å². The van der Waals surface area contributed by atoms with Crippen molar-refractivity contribution in [1.29, 1.82) is 0 Å². The maximum absolute atomic E-state index is 12.1. The van der Waals surface area contributed by atoms with Gasteiger partial charge in [-0.1, -0.05) is 29.3 Å². The number of aryl methyl sites for hydroxylation is 2. The van der Waals surface area contributed by atoms with Crippen LogP contribution in [-0.2, 0) is 20.7 Å². The lowest BCUT2D eigenvalue weighted by atomic mass is 10.1. The van der Waals surface area contributed by atoms with Crippen LogP contribution in [0.1, 0.15) is 17.5 Å². The Morgan fingerprint density at radius 2 is 1.88 bits per heavy atom. The van der Waals surface area contributed by atoms with Gasteiger partial charge in [0.15, 0.2) is 0 Å². The van der Waals surface area contributed by atoms with Crippen molar-refractivity contribution in [2.45, 2.75) is 24.7 Å². The van der Waals surface area contributed by atoms with Crippen molar-refractivity contribution in [3.05, 3.63) is 64.9 Å². The Bertz CT molecular complexity index is 943. The van der Waals surface area contributed by atoms with Crippen LogP contribution in [0, 0.1) is 6.92 Å². The van der Waals surface area contributed by atoms with Crippen LogP contribution >= 0.6 is 11.6 Å². The molecule has 0 N–H and O–H groups in total. The second kappa shape index (κ2) is 6.97. The van der Waals surface area contributed by atoms with Gasteiger partial charge in [-0.2, -0.15) is 8.42 Å². The maximum atomic E-state index is 12.1. The molecule has 126 valence electrons. The zero-order chi connectivity index (χ0) is 17.2. The lowest BCUT2D eigenvalue weighted by molar-refractivity contribution is 0.312. The number of hydrogen-bond acceptors (Lipinski definition) is 4. The Morgan fingerprint density at radius 3 is 2.62 bits per heavy atom. The molecule has 0 unspecified atom stereocenters. The molecule has 0 aliphatic heterocycles. The summed E-state index contributed by atoms with van der Waals surface area (Å²) in [5, 5.41) is 1.59. The van der Waals surface area contributed by atoms with Crippen molar-refractivity contribution < 1.29 is 17.0 Å². The molecule has 0 aliphatic carbocycles. The molecule has 0 aliphatic rings. The molecular formula is C18H17ClO4S. The zero-order valence-electron chi connectivity index (χ0n) is 13.2. The van der Waals surface area contributed by atoms with E-state index in [2.05, 4.69) is 0 Å². The number of fused-ring (bicyclic) bond motifs is 1. The molecule has 0 saturated heterocycles. The molecule has 6 heteroatoms. The molecule has 0 bridgehead atoms. The molecule has 1 aromatic heterocycles. The van der Waals surface area contributed by atoms with Crippen molar-refractivity contribution in [2.24, 2.45) is 0 Å². The highest BCUT2D eigenvalue weighted by Crippen LogP contribution is 2.25. The summed E-state index contributed by atoms with van der Waals surface area (Å²) in [6, 6.07) is 12.0. The molecule has 3 rings (SSSR count). The van der Waals surface area contributed by atoms with E-state index in [-0.39, 0.29) is 11.5 Å². The summed E-state index contributed by atoms with van der Waals surface area (Å²) in [5.41, 5.74) is 2.76. The van der Waals surface area contributed by atoms with Gasteiger partial charge in [0, 0.05) is 10.4 Å². The van der Waals surface area contributed by atoms with Gasteiger partial charge in [-0.3, -0.25) is 4.18 Å². The first-order valence-corrected chi connectivity index (χ1v) is 9.36. The Hall–Kier alpha value is -1.82. The molecule has 0 spiro atoms. The van der Waals surface area contributed by atoms with Crippen LogP contribution in [0.25, 0.3) is 11.0 Å². The summed E-state index contributed by atoms with van der Waals surface area (Å²) in [6.45, 7) is 2.02. The summed E-state index contributed by atoms with van der Waals surface area (Å²) in [7, 11) is -3.71. The van der Waals surface area contributed by atoms with Gasteiger partial charge in [-0.05, 0) is 55.7 Å². The Balaban J connectivity index is 1.60. The number of halogens is 1. The van der Waals surface area contributed by atoms with Gasteiger partial charge in [0.25, 0.3) is 10.1 Å². The summed E-state index contributed by atoms with van der Waals surface area (Å²) < 4.78 is 34.8. The molecule has 0 fully saturated rings. The zero-order valence-corrected chi connectivity index (χ0v) is 14.7. The molecule has 2 aromatic carbocycles. The second-order valence-electron chi connectivity index (χ2n) is 5.59. The fourth-order valence-electron chi connectivity index (χ4n) is 2.45. The largest absolute Gasteiger partial charge is 0.464 e. The van der Waals surface area contributed by atoms with E-state index in [9.17, 15) is 8.42 Å². The molecule has 3 aromatic rings. The SMILES string of the molecule is Cc1ccc(S(=O)(=O)OCCCc2coc3ccc(Cl)cc23)cc1. The molecule has 1 heterocycles. The Labute approximate surface area is 146 Å². The monoisotopic (exact) mass is 364 g/mol. The standard InChI is InChI=1S/C18H17ClO4S/c1-13-4-7-16(8-5-13)24(20,21)23-10-2-3-14-12-22-18-9-6-15(19)11-17(14)18/h4-9,11-12H,2-3,10H2,1H3. The average Bonchev–Trinajstić information content (AvgIpc) is 2.94. The van der Waals surface area contributed by atoms with Crippen molar-refractivity contribution in [3.8, 4) is 0 Å². The van der Waals surface area contributed by atoms with Crippen LogP contribution in [0.5, 0.6) is 0 Å². The first-order valence-electron chi connectivity index (χ1n) is 7.57. The predicted octanol–water partition coefficient (Wildman–Crippen LogP) is 4.73. The molecule has 0 saturated carbocycles. The van der Waals surface area contributed by atoms with Gasteiger partial charge in [0.2, 0.25) is 0 Å². The summed E-state index contributed by atoms with van der Waals surface area (Å²) in [5.74, 6) is 0. The van der Waals surface area contributed by atoms with E-state index in [0.717, 1.165) is 22.1 Å². The van der Waals surface area contributed by atoms with E-state index in [1.54, 1.807) is 36.6 Å². The maximum Gasteiger partial charge on any atom is 0.296 e. The van der Waals surface area contributed by atoms with E-state index >= 15 is 0 Å². The first kappa shape index (κ1) is 17.0. The molecule has 4 nitrogen and oxygen atoms in total. The van der Waals surface area contributed by atoms with Crippen molar-refractivity contribution >= 4 is 32.7 Å². The van der Waals surface area contributed by atoms with Crippen molar-refractivity contribution in [1.82, 2.24) is 0 Å². The van der Waals surface area contributed by atoms with Gasteiger partial charge in [0.05, 0.1) is 17.8 Å². The third kappa shape index (κ3) is 3.80. The molecule has 24 heavy (non-hydrogen) atoms. The Morgan fingerprint density at radius 1 is 1.12 bits per heavy atom. The van der Waals surface area contributed by atoms with Gasteiger partial charge in [-0.15, -0.1) is 0 Å². The topological polar surface area (TPSA) is 56.5 Å². The van der Waals surface area contributed by atoms with E-state index in [4.69, 9.17) is 20.2 Å². The fourth-order valence-corrected chi connectivity index (χ4v) is 3.57. The van der Waals surface area contributed by atoms with Gasteiger partial charge >= 0.3 is 0 Å². The molecular weight excluding hydrogens is 348 g/mol. The number of benzene rings is 2. The summed E-state index contributed by atoms with van der Waals surface area (Å²) in [4.78, 5) is 0.175. The average molecular weight is 365 g/mol. The highest BCUT2D eigenvalue weighted by molar-refractivity contribution is 7.86. The Kier molecular flexibility index (Phi) is 4.94. The summed E-state index contributed by atoms with van der Waals surface area (Å²) >= 11 is 6.00. The van der Waals surface area contributed by atoms with Gasteiger partial charge in [-0.25, -0.2) is 0 Å². The van der Waals surface area contributed by atoms with E-state index in [1.807, 2.05) is 19.1 Å². The second-order valence-corrected chi connectivity index (χ2v) is 7.65. The van der Waals surface area contributed by atoms with Crippen LogP contribution in [0.4, 0.5) is 0 Å². The third-order valence-corrected chi connectivity index (χ3v) is 5.32. The quantitative estimate of drug-likeness (QED) is 0.468. The lowest BCUT2D eigenvalue weighted by Crippen LogP contribution is -2.08. The smallest absolute Gasteiger partial charge is 0.296 e. The van der Waals surface area contributed by atoms with Crippen LogP contribution in [-0.4, -0.2) is 15.0 Å². The van der Waals surface area contributed by atoms with Gasteiger partial charge in [0.1, 0.15) is 5.58 Å². The van der Waals surface area contributed by atoms with Crippen LogP contribution in [0.2, 0.25) is 5.02 Å². The molecule has 0 radical (unpaired) electrons. The molecule has 0 atom stereocenters. The normalized spacial score (nSPS) is 11.9. The number of rotatable bonds is 6. The minimum atomic E-state index is -3.71. The predicted molar refractivity (Wildman–Crippen MR) is 93.9 cm³/mol. The minimum Gasteiger partial charge on any atom is -0.464 e. The highest BCUT2D eigenvalue weighted by atomic mass is 35.5. The van der Waals surface area contributed by atoms with E-state index in [1.165, 1.54) is 0 Å². The van der Waals surface area contributed by atoms with Crippen LogP contribution < -0.4 is 0 Å². The van der Waals surface area contributed by atoms with Gasteiger partial charge < -0.3 is 4.42 Å². The number of hydrogen-bond donors (Lipinski definition) is 0.